The number of nitrogens with zero attached hydrogens (tertiary/aromatic N) is 2. The molecular formula is C12H12N2O4S2. The lowest BCUT2D eigenvalue weighted by Gasteiger charge is -2.16. The molecule has 1 N–H and O–H groups in total. The van der Waals surface area contributed by atoms with E-state index in [2.05, 4.69) is 4.98 Å². The topological polar surface area (TPSA) is 87.6 Å². The number of sulfonamides is 1. The maximum atomic E-state index is 12.3. The third-order valence-electron chi connectivity index (χ3n) is 2.66. The largest absolute Gasteiger partial charge is 0.478 e. The van der Waals surface area contributed by atoms with Crippen molar-refractivity contribution in [3.63, 3.8) is 0 Å². The molecule has 0 saturated carbocycles. The lowest BCUT2D eigenvalue weighted by Crippen LogP contribution is -2.26. The molecule has 0 fully saturated rings. The molecule has 6 nitrogen and oxygen atoms in total. The average Bonchev–Trinajstić information content (AvgIpc) is 2.91. The van der Waals surface area contributed by atoms with Crippen molar-refractivity contribution in [3.05, 3.63) is 46.4 Å². The summed E-state index contributed by atoms with van der Waals surface area (Å²) in [5.41, 5.74) is 2.21. The summed E-state index contributed by atoms with van der Waals surface area (Å²) in [6, 6.07) is 5.28. The maximum absolute atomic E-state index is 12.3. The van der Waals surface area contributed by atoms with E-state index in [1.807, 2.05) is 0 Å². The van der Waals surface area contributed by atoms with Gasteiger partial charge in [-0.25, -0.2) is 18.2 Å². The first-order valence-electron chi connectivity index (χ1n) is 5.58. The van der Waals surface area contributed by atoms with Crippen molar-refractivity contribution < 1.29 is 18.3 Å². The Morgan fingerprint density at radius 1 is 1.45 bits per heavy atom. The molecule has 2 aromatic rings. The molecule has 0 spiro atoms. The van der Waals surface area contributed by atoms with E-state index < -0.39 is 16.0 Å². The normalized spacial score (nSPS) is 11.7. The second-order valence-corrected chi connectivity index (χ2v) is 6.84. The van der Waals surface area contributed by atoms with Crippen LogP contribution in [0.15, 0.2) is 40.1 Å². The van der Waals surface area contributed by atoms with Crippen molar-refractivity contribution in [2.45, 2.75) is 11.4 Å². The quantitative estimate of drug-likeness (QED) is 0.907. The minimum atomic E-state index is -3.74. The number of aromatic carboxylic acids is 1. The molecule has 1 aromatic carbocycles. The first kappa shape index (κ1) is 14.6. The molecule has 20 heavy (non-hydrogen) atoms. The van der Waals surface area contributed by atoms with Crippen LogP contribution in [0.25, 0.3) is 0 Å². The van der Waals surface area contributed by atoms with Gasteiger partial charge in [-0.05, 0) is 18.2 Å². The average molecular weight is 312 g/mol. The molecule has 0 atom stereocenters. The molecule has 1 aromatic heterocycles. The number of carbonyl (C=O) groups is 1. The van der Waals surface area contributed by atoms with Crippen LogP contribution in [0.1, 0.15) is 16.1 Å². The maximum Gasteiger partial charge on any atom is 0.335 e. The van der Waals surface area contributed by atoms with Crippen molar-refractivity contribution in [2.75, 3.05) is 7.05 Å². The van der Waals surface area contributed by atoms with Crippen LogP contribution in [-0.2, 0) is 16.6 Å². The van der Waals surface area contributed by atoms with Crippen molar-refractivity contribution in [2.24, 2.45) is 0 Å². The SMILES string of the molecule is CN(Cc1cscn1)S(=O)(=O)c1cccc(C(=O)O)c1. The van der Waals surface area contributed by atoms with Crippen LogP contribution in [0.5, 0.6) is 0 Å². The zero-order valence-electron chi connectivity index (χ0n) is 10.6. The smallest absolute Gasteiger partial charge is 0.335 e. The number of benzene rings is 1. The fourth-order valence-corrected chi connectivity index (χ4v) is 3.34. The number of carboxylic acid groups (broad SMARTS) is 1. The number of hydrogen-bond donors (Lipinski definition) is 1. The summed E-state index contributed by atoms with van der Waals surface area (Å²) in [6.07, 6.45) is 0. The Kier molecular flexibility index (Phi) is 4.17. The van der Waals surface area contributed by atoms with Crippen LogP contribution in [0, 0.1) is 0 Å². The molecule has 0 amide bonds. The van der Waals surface area contributed by atoms with Crippen LogP contribution in [0.4, 0.5) is 0 Å². The summed E-state index contributed by atoms with van der Waals surface area (Å²) in [6.45, 7) is 0.142. The molecule has 0 aliphatic rings. The van der Waals surface area contributed by atoms with E-state index in [4.69, 9.17) is 5.11 Å². The van der Waals surface area contributed by atoms with Gasteiger partial charge in [0.25, 0.3) is 0 Å². The zero-order valence-corrected chi connectivity index (χ0v) is 12.2. The standard InChI is InChI=1S/C12H12N2O4S2/c1-14(6-10-7-19-8-13-10)20(17,18)11-4-2-3-9(5-11)12(15)16/h2-5,7-8H,6H2,1H3,(H,15,16). The third-order valence-corrected chi connectivity index (χ3v) is 5.09. The van der Waals surface area contributed by atoms with Gasteiger partial charge in [-0.2, -0.15) is 4.31 Å². The number of rotatable bonds is 5. The number of aromatic nitrogens is 1. The summed E-state index contributed by atoms with van der Waals surface area (Å²) < 4.78 is 25.8. The molecule has 0 bridgehead atoms. The Bertz CT molecular complexity index is 711. The Labute approximate surface area is 120 Å². The molecule has 0 aliphatic heterocycles. The first-order chi connectivity index (χ1) is 9.41. The second kappa shape index (κ2) is 5.70. The monoisotopic (exact) mass is 312 g/mol. The lowest BCUT2D eigenvalue weighted by molar-refractivity contribution is 0.0696. The van der Waals surface area contributed by atoms with Crippen LogP contribution in [-0.4, -0.2) is 35.8 Å². The molecule has 106 valence electrons. The molecule has 0 aliphatic carbocycles. The van der Waals surface area contributed by atoms with E-state index in [-0.39, 0.29) is 17.0 Å². The number of hydrogen-bond acceptors (Lipinski definition) is 5. The Morgan fingerprint density at radius 3 is 2.80 bits per heavy atom. The van der Waals surface area contributed by atoms with Gasteiger partial charge in [0, 0.05) is 12.4 Å². The first-order valence-corrected chi connectivity index (χ1v) is 7.96. The van der Waals surface area contributed by atoms with Gasteiger partial charge < -0.3 is 5.11 Å². The molecular weight excluding hydrogens is 300 g/mol. The van der Waals surface area contributed by atoms with Gasteiger partial charge in [-0.3, -0.25) is 0 Å². The van der Waals surface area contributed by atoms with Gasteiger partial charge in [0.15, 0.2) is 0 Å². The molecule has 0 unspecified atom stereocenters. The highest BCUT2D eigenvalue weighted by Gasteiger charge is 2.22. The van der Waals surface area contributed by atoms with E-state index in [0.29, 0.717) is 5.69 Å². The summed E-state index contributed by atoms with van der Waals surface area (Å²) >= 11 is 1.38. The highest BCUT2D eigenvalue weighted by Crippen LogP contribution is 2.18. The van der Waals surface area contributed by atoms with E-state index >= 15 is 0 Å². The van der Waals surface area contributed by atoms with Crippen molar-refractivity contribution >= 4 is 27.3 Å². The van der Waals surface area contributed by atoms with Gasteiger partial charge in [0.05, 0.1) is 28.2 Å². The van der Waals surface area contributed by atoms with Gasteiger partial charge in [0.2, 0.25) is 10.0 Å². The van der Waals surface area contributed by atoms with Crippen molar-refractivity contribution in [1.29, 1.82) is 0 Å². The van der Waals surface area contributed by atoms with Gasteiger partial charge in [-0.1, -0.05) is 6.07 Å². The molecule has 1 heterocycles. The fourth-order valence-electron chi connectivity index (χ4n) is 1.60. The number of carboxylic acids is 1. The molecule has 0 radical (unpaired) electrons. The second-order valence-electron chi connectivity index (χ2n) is 4.07. The Hall–Kier alpha value is -1.77. The Balaban J connectivity index is 2.29. The van der Waals surface area contributed by atoms with Crippen LogP contribution >= 0.6 is 11.3 Å². The highest BCUT2D eigenvalue weighted by molar-refractivity contribution is 7.89. The number of thiazole rings is 1. The Morgan fingerprint density at radius 2 is 2.20 bits per heavy atom. The van der Waals surface area contributed by atoms with Crippen molar-refractivity contribution in [1.82, 2.24) is 9.29 Å². The summed E-state index contributed by atoms with van der Waals surface area (Å²) in [5.74, 6) is -1.16. The molecule has 8 heteroatoms. The summed E-state index contributed by atoms with van der Waals surface area (Å²) in [5, 5.41) is 10.7. The van der Waals surface area contributed by atoms with Gasteiger partial charge in [0.1, 0.15) is 0 Å². The fraction of sp³-hybridized carbons (Fsp3) is 0.167. The third kappa shape index (κ3) is 3.03. The minimum Gasteiger partial charge on any atom is -0.478 e. The van der Waals surface area contributed by atoms with Crippen LogP contribution in [0.2, 0.25) is 0 Å². The van der Waals surface area contributed by atoms with E-state index in [1.165, 1.54) is 36.6 Å². The summed E-state index contributed by atoms with van der Waals surface area (Å²) in [7, 11) is -2.30. The highest BCUT2D eigenvalue weighted by atomic mass is 32.2. The molecule has 2 rings (SSSR count). The van der Waals surface area contributed by atoms with Crippen LogP contribution < -0.4 is 0 Å². The predicted octanol–water partition coefficient (Wildman–Crippen LogP) is 1.66. The lowest BCUT2D eigenvalue weighted by atomic mass is 10.2. The predicted molar refractivity (Wildman–Crippen MR) is 74.2 cm³/mol. The van der Waals surface area contributed by atoms with Gasteiger partial charge >= 0.3 is 5.97 Å². The van der Waals surface area contributed by atoms with E-state index in [0.717, 1.165) is 10.4 Å². The minimum absolute atomic E-state index is 0.0462. The molecule has 0 saturated heterocycles. The summed E-state index contributed by atoms with van der Waals surface area (Å²) in [4.78, 5) is 14.9. The zero-order chi connectivity index (χ0) is 14.8. The van der Waals surface area contributed by atoms with Crippen molar-refractivity contribution in [3.8, 4) is 0 Å². The van der Waals surface area contributed by atoms with E-state index in [1.54, 1.807) is 10.9 Å². The van der Waals surface area contributed by atoms with E-state index in [9.17, 15) is 13.2 Å². The van der Waals surface area contributed by atoms with Gasteiger partial charge in [-0.15, -0.1) is 11.3 Å². The van der Waals surface area contributed by atoms with Crippen LogP contribution in [0.3, 0.4) is 0 Å².